The molecule has 0 unspecified atom stereocenters. The van der Waals surface area contributed by atoms with Gasteiger partial charge in [0.05, 0.1) is 28.1 Å². The number of carbonyl (C=O) groups is 1. The second-order valence-electron chi connectivity index (χ2n) is 6.20. The number of hydrogen-bond donors (Lipinski definition) is 1. The van der Waals surface area contributed by atoms with Gasteiger partial charge in [0.1, 0.15) is 11.5 Å². The number of nitrogens with zero attached hydrogens (tertiary/aromatic N) is 3. The first-order valence-electron chi connectivity index (χ1n) is 8.56. The molecule has 136 valence electrons. The molecule has 3 aromatic rings. The lowest BCUT2D eigenvalue weighted by Gasteiger charge is -2.29. The molecule has 4 rings (SSSR count). The van der Waals surface area contributed by atoms with Gasteiger partial charge in [-0.05, 0) is 36.6 Å². The highest BCUT2D eigenvalue weighted by molar-refractivity contribution is 6.43. The molecule has 0 fully saturated rings. The summed E-state index contributed by atoms with van der Waals surface area (Å²) in [5, 5.41) is 3.92. The minimum atomic E-state index is -0.151. The Morgan fingerprint density at radius 3 is 2.70 bits per heavy atom. The van der Waals surface area contributed by atoms with E-state index in [0.29, 0.717) is 33.8 Å². The normalized spacial score (nSPS) is 13.2. The Morgan fingerprint density at radius 2 is 1.89 bits per heavy atom. The monoisotopic (exact) mass is 398 g/mol. The molecule has 2 aromatic carbocycles. The molecule has 1 amide bonds. The first kappa shape index (κ1) is 17.8. The average molecular weight is 399 g/mol. The van der Waals surface area contributed by atoms with Gasteiger partial charge in [0.2, 0.25) is 0 Å². The van der Waals surface area contributed by atoms with Crippen LogP contribution < -0.4 is 10.2 Å². The summed E-state index contributed by atoms with van der Waals surface area (Å²) < 4.78 is 0. The van der Waals surface area contributed by atoms with E-state index in [1.54, 1.807) is 23.1 Å². The van der Waals surface area contributed by atoms with Crippen LogP contribution in [0.4, 0.5) is 17.2 Å². The van der Waals surface area contributed by atoms with E-state index in [-0.39, 0.29) is 5.91 Å². The molecule has 5 nitrogen and oxygen atoms in total. The highest BCUT2D eigenvalue weighted by Crippen LogP contribution is 2.31. The van der Waals surface area contributed by atoms with Crippen LogP contribution in [-0.2, 0) is 6.42 Å². The van der Waals surface area contributed by atoms with Gasteiger partial charge in [-0.15, -0.1) is 0 Å². The summed E-state index contributed by atoms with van der Waals surface area (Å²) in [5.41, 5.74) is 3.05. The van der Waals surface area contributed by atoms with Crippen molar-refractivity contribution in [2.24, 2.45) is 0 Å². The van der Waals surface area contributed by atoms with Crippen molar-refractivity contribution < 1.29 is 4.79 Å². The number of amides is 1. The Bertz CT molecular complexity index is 992. The second-order valence-corrected chi connectivity index (χ2v) is 6.99. The van der Waals surface area contributed by atoms with E-state index in [1.165, 1.54) is 18.0 Å². The zero-order valence-corrected chi connectivity index (χ0v) is 15.8. The number of nitrogens with one attached hydrogen (secondary N) is 1. The third-order valence-corrected chi connectivity index (χ3v) is 5.26. The first-order valence-corrected chi connectivity index (χ1v) is 9.32. The molecule has 0 atom stereocenters. The van der Waals surface area contributed by atoms with Gasteiger partial charge in [0.25, 0.3) is 5.91 Å². The molecule has 0 radical (unpaired) electrons. The van der Waals surface area contributed by atoms with Crippen LogP contribution in [0.2, 0.25) is 10.0 Å². The van der Waals surface area contributed by atoms with Crippen molar-refractivity contribution in [1.29, 1.82) is 0 Å². The van der Waals surface area contributed by atoms with Gasteiger partial charge in [0, 0.05) is 12.2 Å². The molecule has 7 heteroatoms. The van der Waals surface area contributed by atoms with Crippen molar-refractivity contribution in [2.45, 2.75) is 12.8 Å². The van der Waals surface area contributed by atoms with Crippen LogP contribution in [0.5, 0.6) is 0 Å². The molecule has 0 aliphatic carbocycles. The molecule has 1 aromatic heterocycles. The van der Waals surface area contributed by atoms with E-state index >= 15 is 0 Å². The number of anilines is 3. The van der Waals surface area contributed by atoms with Crippen LogP contribution >= 0.6 is 23.2 Å². The lowest BCUT2D eigenvalue weighted by molar-refractivity contribution is 0.0980. The maximum atomic E-state index is 12.9. The Morgan fingerprint density at radius 1 is 1.04 bits per heavy atom. The quantitative estimate of drug-likeness (QED) is 0.664. The number of para-hydroxylation sites is 1. The van der Waals surface area contributed by atoms with Crippen LogP contribution in [0.25, 0.3) is 0 Å². The van der Waals surface area contributed by atoms with Crippen molar-refractivity contribution in [1.82, 2.24) is 9.97 Å². The molecule has 1 aliphatic heterocycles. The first-order chi connectivity index (χ1) is 13.1. The van der Waals surface area contributed by atoms with Crippen LogP contribution in [0.3, 0.4) is 0 Å². The number of aromatic nitrogens is 2. The number of halogens is 2. The van der Waals surface area contributed by atoms with Gasteiger partial charge >= 0.3 is 0 Å². The van der Waals surface area contributed by atoms with Crippen molar-refractivity contribution in [3.63, 3.8) is 0 Å². The number of benzene rings is 2. The summed E-state index contributed by atoms with van der Waals surface area (Å²) >= 11 is 12.2. The summed E-state index contributed by atoms with van der Waals surface area (Å²) in [5.74, 6) is 0.330. The lowest BCUT2D eigenvalue weighted by atomic mass is 10.0. The SMILES string of the molecule is O=C(c1cnc(Nc2cccc(Cl)c2Cl)cn1)N1CCCc2ccccc21. The molecule has 1 aliphatic rings. The maximum Gasteiger partial charge on any atom is 0.278 e. The summed E-state index contributed by atoms with van der Waals surface area (Å²) in [6, 6.07) is 13.2. The summed E-state index contributed by atoms with van der Waals surface area (Å²) in [4.78, 5) is 23.2. The van der Waals surface area contributed by atoms with E-state index in [0.717, 1.165) is 18.5 Å². The van der Waals surface area contributed by atoms with Gasteiger partial charge in [-0.1, -0.05) is 47.5 Å². The second kappa shape index (κ2) is 7.55. The minimum Gasteiger partial charge on any atom is -0.338 e. The fourth-order valence-electron chi connectivity index (χ4n) is 3.12. The van der Waals surface area contributed by atoms with Gasteiger partial charge in [-0.25, -0.2) is 9.97 Å². The highest BCUT2D eigenvalue weighted by Gasteiger charge is 2.24. The predicted octanol–water partition coefficient (Wildman–Crippen LogP) is 5.12. The third kappa shape index (κ3) is 3.61. The third-order valence-electron chi connectivity index (χ3n) is 4.44. The number of hydrogen-bond acceptors (Lipinski definition) is 4. The Hall–Kier alpha value is -2.63. The van der Waals surface area contributed by atoms with E-state index < -0.39 is 0 Å². The molecule has 0 saturated carbocycles. The number of aryl methyl sites for hydroxylation is 1. The van der Waals surface area contributed by atoms with Crippen molar-refractivity contribution in [2.75, 3.05) is 16.8 Å². The molecular formula is C20H16Cl2N4O. The maximum absolute atomic E-state index is 12.9. The standard InChI is InChI=1S/C20H16Cl2N4O/c21-14-7-3-8-15(19(14)22)25-18-12-23-16(11-24-18)20(27)26-10-4-6-13-5-1-2-9-17(13)26/h1-3,5,7-9,11-12H,4,6,10H2,(H,24,25). The van der Waals surface area contributed by atoms with E-state index in [9.17, 15) is 4.79 Å². The number of rotatable bonds is 3. The summed E-state index contributed by atoms with van der Waals surface area (Å²) in [6.45, 7) is 0.676. The van der Waals surface area contributed by atoms with E-state index in [2.05, 4.69) is 21.4 Å². The number of carbonyl (C=O) groups excluding carboxylic acids is 1. The molecule has 0 spiro atoms. The topological polar surface area (TPSA) is 58.1 Å². The number of fused-ring (bicyclic) bond motifs is 1. The van der Waals surface area contributed by atoms with Crippen LogP contribution in [0, 0.1) is 0 Å². The van der Waals surface area contributed by atoms with Crippen LogP contribution in [-0.4, -0.2) is 22.4 Å². The van der Waals surface area contributed by atoms with Crippen molar-refractivity contribution in [3.8, 4) is 0 Å². The Kier molecular flexibility index (Phi) is 4.97. The van der Waals surface area contributed by atoms with E-state index in [4.69, 9.17) is 23.2 Å². The van der Waals surface area contributed by atoms with Crippen LogP contribution in [0.1, 0.15) is 22.5 Å². The molecular weight excluding hydrogens is 383 g/mol. The van der Waals surface area contributed by atoms with E-state index in [1.807, 2.05) is 18.2 Å². The molecule has 0 bridgehead atoms. The molecule has 2 heterocycles. The van der Waals surface area contributed by atoms with Crippen molar-refractivity contribution >= 4 is 46.3 Å². The smallest absolute Gasteiger partial charge is 0.278 e. The largest absolute Gasteiger partial charge is 0.338 e. The minimum absolute atomic E-state index is 0.151. The zero-order chi connectivity index (χ0) is 18.8. The predicted molar refractivity (Wildman–Crippen MR) is 108 cm³/mol. The molecule has 0 saturated heterocycles. The highest BCUT2D eigenvalue weighted by atomic mass is 35.5. The van der Waals surface area contributed by atoms with Gasteiger partial charge < -0.3 is 10.2 Å². The lowest BCUT2D eigenvalue weighted by Crippen LogP contribution is -2.36. The summed E-state index contributed by atoms with van der Waals surface area (Å²) in [7, 11) is 0. The van der Waals surface area contributed by atoms with Crippen molar-refractivity contribution in [3.05, 3.63) is 76.2 Å². The van der Waals surface area contributed by atoms with Gasteiger partial charge in [0.15, 0.2) is 0 Å². The molecule has 1 N–H and O–H groups in total. The van der Waals surface area contributed by atoms with Gasteiger partial charge in [-0.2, -0.15) is 0 Å². The fraction of sp³-hybridized carbons (Fsp3) is 0.150. The zero-order valence-electron chi connectivity index (χ0n) is 14.3. The molecule has 27 heavy (non-hydrogen) atoms. The average Bonchev–Trinajstić information content (AvgIpc) is 2.71. The Balaban J connectivity index is 1.54. The van der Waals surface area contributed by atoms with Crippen LogP contribution in [0.15, 0.2) is 54.9 Å². The summed E-state index contributed by atoms with van der Waals surface area (Å²) in [6.07, 6.45) is 4.90. The fourth-order valence-corrected chi connectivity index (χ4v) is 3.47. The van der Waals surface area contributed by atoms with Gasteiger partial charge in [-0.3, -0.25) is 4.79 Å². The Labute approximate surface area is 167 Å².